The minimum absolute atomic E-state index is 0.478. The van der Waals surface area contributed by atoms with Crippen molar-refractivity contribution in [2.24, 2.45) is 0 Å². The van der Waals surface area contributed by atoms with Gasteiger partial charge in [0.15, 0.2) is 0 Å². The van der Waals surface area contributed by atoms with Gasteiger partial charge in [0, 0.05) is 5.75 Å². The first-order chi connectivity index (χ1) is 8.83. The van der Waals surface area contributed by atoms with Crippen molar-refractivity contribution in [2.75, 3.05) is 0 Å². The number of hydrogen-bond donors (Lipinski definition) is 0. The zero-order valence-corrected chi connectivity index (χ0v) is 11.0. The normalized spacial score (nSPS) is 10.9. The zero-order valence-electron chi connectivity index (χ0n) is 9.36. The molecule has 0 amide bonds. The maximum absolute atomic E-state index is 5.55. The van der Waals surface area contributed by atoms with Crippen LogP contribution in [-0.4, -0.2) is 19.8 Å². The van der Waals surface area contributed by atoms with Crippen LogP contribution in [0.5, 0.6) is 0 Å². The SMILES string of the molecule is Cc1occc1-c1nnc(SCc2cnns2)o1. The summed E-state index contributed by atoms with van der Waals surface area (Å²) in [7, 11) is 0. The largest absolute Gasteiger partial charge is 0.469 e. The molecule has 6 nitrogen and oxygen atoms in total. The van der Waals surface area contributed by atoms with Gasteiger partial charge in [-0.2, -0.15) is 0 Å². The molecule has 18 heavy (non-hydrogen) atoms. The van der Waals surface area contributed by atoms with Crippen LogP contribution in [0.2, 0.25) is 0 Å². The van der Waals surface area contributed by atoms with Gasteiger partial charge in [0.25, 0.3) is 11.1 Å². The van der Waals surface area contributed by atoms with Crippen molar-refractivity contribution in [3.05, 3.63) is 29.2 Å². The highest BCUT2D eigenvalue weighted by molar-refractivity contribution is 7.98. The van der Waals surface area contributed by atoms with E-state index in [1.807, 2.05) is 13.0 Å². The molecule has 0 atom stereocenters. The standard InChI is InChI=1S/C10H8N4O2S2/c1-6-8(2-3-15-6)9-12-13-10(16-9)17-5-7-4-11-14-18-7/h2-4H,5H2,1H3. The lowest BCUT2D eigenvalue weighted by Gasteiger charge is -1.91. The molecule has 3 heterocycles. The fraction of sp³-hybridized carbons (Fsp3) is 0.200. The van der Waals surface area contributed by atoms with Crippen LogP contribution in [0.3, 0.4) is 0 Å². The van der Waals surface area contributed by atoms with Crippen LogP contribution in [0, 0.1) is 6.92 Å². The van der Waals surface area contributed by atoms with Crippen molar-refractivity contribution in [1.29, 1.82) is 0 Å². The predicted octanol–water partition coefficient (Wildman–Crippen LogP) is 2.78. The van der Waals surface area contributed by atoms with Gasteiger partial charge in [-0.1, -0.05) is 16.3 Å². The molecule has 0 spiro atoms. The maximum Gasteiger partial charge on any atom is 0.277 e. The topological polar surface area (TPSA) is 77.8 Å². The first-order valence-electron chi connectivity index (χ1n) is 5.10. The molecule has 0 saturated heterocycles. The number of rotatable bonds is 4. The van der Waals surface area contributed by atoms with Gasteiger partial charge in [-0.25, -0.2) is 0 Å². The smallest absolute Gasteiger partial charge is 0.277 e. The number of aromatic nitrogens is 4. The van der Waals surface area contributed by atoms with E-state index in [0.29, 0.717) is 11.1 Å². The maximum atomic E-state index is 5.55. The second kappa shape index (κ2) is 4.91. The van der Waals surface area contributed by atoms with Gasteiger partial charge in [-0.05, 0) is 24.5 Å². The molecule has 0 radical (unpaired) electrons. The van der Waals surface area contributed by atoms with Gasteiger partial charge in [0.1, 0.15) is 5.76 Å². The number of aryl methyl sites for hydroxylation is 1. The molecule has 3 rings (SSSR count). The molecule has 0 N–H and O–H groups in total. The Morgan fingerprint density at radius 1 is 1.39 bits per heavy atom. The molecule has 0 unspecified atom stereocenters. The summed E-state index contributed by atoms with van der Waals surface area (Å²) in [6.07, 6.45) is 3.33. The molecule has 0 aliphatic heterocycles. The Bertz CT molecular complexity index is 632. The van der Waals surface area contributed by atoms with Crippen molar-refractivity contribution in [3.8, 4) is 11.5 Å². The Morgan fingerprint density at radius 2 is 2.33 bits per heavy atom. The lowest BCUT2D eigenvalue weighted by molar-refractivity contribution is 0.463. The van der Waals surface area contributed by atoms with Crippen LogP contribution in [0.15, 0.2) is 32.6 Å². The summed E-state index contributed by atoms with van der Waals surface area (Å²) in [5.74, 6) is 1.97. The van der Waals surface area contributed by atoms with Gasteiger partial charge in [0.05, 0.1) is 22.9 Å². The van der Waals surface area contributed by atoms with E-state index in [1.54, 1.807) is 12.5 Å². The van der Waals surface area contributed by atoms with E-state index in [-0.39, 0.29) is 0 Å². The summed E-state index contributed by atoms with van der Waals surface area (Å²) in [6.45, 7) is 1.86. The van der Waals surface area contributed by atoms with Gasteiger partial charge in [-0.15, -0.1) is 15.3 Å². The van der Waals surface area contributed by atoms with Crippen LogP contribution >= 0.6 is 23.3 Å². The average Bonchev–Trinajstić information content (AvgIpc) is 3.07. The molecular formula is C10H8N4O2S2. The molecule has 92 valence electrons. The van der Waals surface area contributed by atoms with Gasteiger partial charge in [-0.3, -0.25) is 0 Å². The van der Waals surface area contributed by atoms with Crippen molar-refractivity contribution < 1.29 is 8.83 Å². The van der Waals surface area contributed by atoms with Crippen LogP contribution in [0.25, 0.3) is 11.5 Å². The summed E-state index contributed by atoms with van der Waals surface area (Å²) in [5.41, 5.74) is 0.828. The zero-order chi connectivity index (χ0) is 12.4. The Morgan fingerprint density at radius 3 is 3.06 bits per heavy atom. The minimum atomic E-state index is 0.478. The van der Waals surface area contributed by atoms with Gasteiger partial charge < -0.3 is 8.83 Å². The summed E-state index contributed by atoms with van der Waals surface area (Å²) in [6, 6.07) is 1.81. The monoisotopic (exact) mass is 280 g/mol. The van der Waals surface area contributed by atoms with Crippen molar-refractivity contribution in [3.63, 3.8) is 0 Å². The Labute approximate surface area is 111 Å². The van der Waals surface area contributed by atoms with Crippen LogP contribution in [0.1, 0.15) is 10.6 Å². The van der Waals surface area contributed by atoms with Crippen LogP contribution in [-0.2, 0) is 5.75 Å². The second-order valence-electron chi connectivity index (χ2n) is 3.44. The molecule has 8 heteroatoms. The van der Waals surface area contributed by atoms with Crippen LogP contribution < -0.4 is 0 Å². The van der Waals surface area contributed by atoms with E-state index in [1.165, 1.54) is 23.3 Å². The van der Waals surface area contributed by atoms with E-state index in [2.05, 4.69) is 19.8 Å². The first kappa shape index (κ1) is 11.4. The Hall–Kier alpha value is -1.67. The van der Waals surface area contributed by atoms with Crippen molar-refractivity contribution in [2.45, 2.75) is 17.9 Å². The average molecular weight is 280 g/mol. The van der Waals surface area contributed by atoms with E-state index < -0.39 is 0 Å². The minimum Gasteiger partial charge on any atom is -0.469 e. The van der Waals surface area contributed by atoms with E-state index in [9.17, 15) is 0 Å². The number of hydrogen-bond acceptors (Lipinski definition) is 8. The highest BCUT2D eigenvalue weighted by Crippen LogP contribution is 2.28. The Kier molecular flexibility index (Phi) is 3.11. The molecule has 0 aliphatic carbocycles. The number of thioether (sulfide) groups is 1. The lowest BCUT2D eigenvalue weighted by Crippen LogP contribution is -1.76. The summed E-state index contributed by atoms with van der Waals surface area (Å²) >= 11 is 2.82. The summed E-state index contributed by atoms with van der Waals surface area (Å²) < 4.78 is 14.5. The quantitative estimate of drug-likeness (QED) is 0.680. The number of nitrogens with zero attached hydrogens (tertiary/aromatic N) is 4. The van der Waals surface area contributed by atoms with E-state index in [4.69, 9.17) is 8.83 Å². The van der Waals surface area contributed by atoms with Crippen LogP contribution in [0.4, 0.5) is 0 Å². The molecule has 3 aromatic rings. The highest BCUT2D eigenvalue weighted by Gasteiger charge is 2.13. The third-order valence-corrected chi connectivity index (χ3v) is 3.95. The molecule has 0 saturated carbocycles. The molecular weight excluding hydrogens is 272 g/mol. The summed E-state index contributed by atoms with van der Waals surface area (Å²) in [5, 5.41) is 12.3. The molecule has 3 aromatic heterocycles. The first-order valence-corrected chi connectivity index (χ1v) is 6.86. The fourth-order valence-electron chi connectivity index (χ4n) is 1.37. The molecule has 0 bridgehead atoms. The predicted molar refractivity (Wildman–Crippen MR) is 66.2 cm³/mol. The van der Waals surface area contributed by atoms with E-state index in [0.717, 1.165) is 22.0 Å². The highest BCUT2D eigenvalue weighted by atomic mass is 32.2. The summed E-state index contributed by atoms with van der Waals surface area (Å²) in [4.78, 5) is 1.07. The molecule has 0 aliphatic rings. The second-order valence-corrected chi connectivity index (χ2v) is 5.23. The van der Waals surface area contributed by atoms with Crippen molar-refractivity contribution >= 4 is 23.3 Å². The van der Waals surface area contributed by atoms with E-state index >= 15 is 0 Å². The third kappa shape index (κ3) is 2.29. The van der Waals surface area contributed by atoms with Gasteiger partial charge in [0.2, 0.25) is 0 Å². The lowest BCUT2D eigenvalue weighted by atomic mass is 10.3. The number of furan rings is 1. The van der Waals surface area contributed by atoms with Gasteiger partial charge >= 0.3 is 0 Å². The molecule has 0 fully saturated rings. The fourth-order valence-corrected chi connectivity index (χ4v) is 2.63. The third-order valence-electron chi connectivity index (χ3n) is 2.24. The Balaban J connectivity index is 1.72. The van der Waals surface area contributed by atoms with Crippen molar-refractivity contribution in [1.82, 2.24) is 19.8 Å². The molecule has 0 aromatic carbocycles.